The van der Waals surface area contributed by atoms with Crippen molar-refractivity contribution in [2.45, 2.75) is 26.2 Å². The minimum absolute atomic E-state index is 0.141. The molecule has 0 saturated heterocycles. The predicted molar refractivity (Wildman–Crippen MR) is 100 cm³/mol. The second kappa shape index (κ2) is 7.71. The summed E-state index contributed by atoms with van der Waals surface area (Å²) >= 11 is 2.92. The van der Waals surface area contributed by atoms with Gasteiger partial charge in [0.15, 0.2) is 0 Å². The van der Waals surface area contributed by atoms with Crippen LogP contribution in [0.4, 0.5) is 5.13 Å². The van der Waals surface area contributed by atoms with Crippen LogP contribution in [-0.4, -0.2) is 28.2 Å². The lowest BCUT2D eigenvalue weighted by Gasteiger charge is -2.00. The van der Waals surface area contributed by atoms with Gasteiger partial charge in [0.25, 0.3) is 0 Å². The van der Waals surface area contributed by atoms with Gasteiger partial charge in [-0.3, -0.25) is 4.79 Å². The molecule has 0 saturated carbocycles. The fraction of sp³-hybridized carbons (Fsp3) is 0.294. The second-order valence-electron chi connectivity index (χ2n) is 5.70. The van der Waals surface area contributed by atoms with Gasteiger partial charge in [-0.15, -0.1) is 21.5 Å². The molecule has 1 N–H and O–H groups in total. The molecule has 0 spiro atoms. The molecule has 0 fully saturated rings. The Bertz CT molecular complexity index is 856. The van der Waals surface area contributed by atoms with Crippen molar-refractivity contribution in [1.82, 2.24) is 15.2 Å². The van der Waals surface area contributed by atoms with Crippen LogP contribution in [0.2, 0.25) is 0 Å². The van der Waals surface area contributed by atoms with Gasteiger partial charge in [-0.1, -0.05) is 25.2 Å². The number of rotatable bonds is 6. The van der Waals surface area contributed by atoms with E-state index in [4.69, 9.17) is 4.74 Å². The molecule has 0 aliphatic rings. The zero-order valence-corrected chi connectivity index (χ0v) is 15.8. The summed E-state index contributed by atoms with van der Waals surface area (Å²) in [5.41, 5.74) is 1.74. The number of ether oxygens (including phenoxy) is 1. The molecule has 0 aliphatic heterocycles. The Morgan fingerprint density at radius 2 is 2.00 bits per heavy atom. The van der Waals surface area contributed by atoms with E-state index in [1.807, 2.05) is 43.5 Å². The number of carbonyl (C=O) groups is 1. The molecule has 3 aromatic rings. The van der Waals surface area contributed by atoms with Gasteiger partial charge < -0.3 is 10.1 Å². The average molecular weight is 374 g/mol. The van der Waals surface area contributed by atoms with Gasteiger partial charge in [0.1, 0.15) is 15.8 Å². The van der Waals surface area contributed by atoms with Gasteiger partial charge in [-0.05, 0) is 24.3 Å². The minimum Gasteiger partial charge on any atom is -0.497 e. The number of nitrogens with zero attached hydrogens (tertiary/aromatic N) is 3. The van der Waals surface area contributed by atoms with Crippen LogP contribution in [0.15, 0.2) is 29.6 Å². The molecule has 6 nitrogen and oxygen atoms in total. The lowest BCUT2D eigenvalue weighted by molar-refractivity contribution is -0.115. The summed E-state index contributed by atoms with van der Waals surface area (Å²) in [6.45, 7) is 4.09. The van der Waals surface area contributed by atoms with Crippen LogP contribution >= 0.6 is 22.7 Å². The second-order valence-corrected chi connectivity index (χ2v) is 7.56. The minimum atomic E-state index is -0.141. The maximum atomic E-state index is 12.2. The first-order valence-corrected chi connectivity index (χ1v) is 9.47. The highest BCUT2D eigenvalue weighted by molar-refractivity contribution is 7.15. The first-order chi connectivity index (χ1) is 12.0. The van der Waals surface area contributed by atoms with E-state index in [0.29, 0.717) is 11.0 Å². The number of aromatic nitrogens is 3. The van der Waals surface area contributed by atoms with Gasteiger partial charge >= 0.3 is 0 Å². The van der Waals surface area contributed by atoms with E-state index in [-0.39, 0.29) is 12.3 Å². The normalized spacial score (nSPS) is 10.9. The van der Waals surface area contributed by atoms with Crippen molar-refractivity contribution in [2.75, 3.05) is 12.4 Å². The first-order valence-electron chi connectivity index (χ1n) is 7.77. The summed E-state index contributed by atoms with van der Waals surface area (Å²) in [4.78, 5) is 16.7. The molecule has 130 valence electrons. The van der Waals surface area contributed by atoms with Crippen molar-refractivity contribution in [3.63, 3.8) is 0 Å². The molecular formula is C17H18N4O2S2. The van der Waals surface area contributed by atoms with Crippen LogP contribution in [-0.2, 0) is 11.2 Å². The topological polar surface area (TPSA) is 77.0 Å². The van der Waals surface area contributed by atoms with E-state index >= 15 is 0 Å². The fourth-order valence-electron chi connectivity index (χ4n) is 2.10. The Balaban J connectivity index is 1.62. The molecule has 0 bridgehead atoms. The Kier molecular flexibility index (Phi) is 5.40. The number of methoxy groups -OCH3 is 1. The van der Waals surface area contributed by atoms with Crippen LogP contribution < -0.4 is 10.1 Å². The van der Waals surface area contributed by atoms with Crippen LogP contribution in [0, 0.1) is 0 Å². The number of hydrogen-bond donors (Lipinski definition) is 1. The van der Waals surface area contributed by atoms with Gasteiger partial charge in [0.05, 0.1) is 19.2 Å². The van der Waals surface area contributed by atoms with Crippen LogP contribution in [0.5, 0.6) is 5.75 Å². The molecule has 0 unspecified atom stereocenters. The van der Waals surface area contributed by atoms with Crippen molar-refractivity contribution < 1.29 is 9.53 Å². The Morgan fingerprint density at radius 1 is 1.24 bits per heavy atom. The maximum Gasteiger partial charge on any atom is 0.232 e. The number of benzene rings is 1. The number of thiazole rings is 1. The van der Waals surface area contributed by atoms with Gasteiger partial charge in [-0.2, -0.15) is 0 Å². The molecular weight excluding hydrogens is 356 g/mol. The third kappa shape index (κ3) is 4.40. The van der Waals surface area contributed by atoms with Crippen molar-refractivity contribution in [2.24, 2.45) is 0 Å². The molecule has 0 radical (unpaired) electrons. The summed E-state index contributed by atoms with van der Waals surface area (Å²) < 4.78 is 5.16. The van der Waals surface area contributed by atoms with Crippen LogP contribution in [0.3, 0.4) is 0 Å². The Morgan fingerprint density at radius 3 is 2.64 bits per heavy atom. The number of anilines is 1. The van der Waals surface area contributed by atoms with Gasteiger partial charge in [0.2, 0.25) is 11.0 Å². The Hall–Kier alpha value is -2.32. The van der Waals surface area contributed by atoms with Gasteiger partial charge in [-0.25, -0.2) is 4.98 Å². The van der Waals surface area contributed by atoms with Crippen LogP contribution in [0.1, 0.15) is 30.5 Å². The highest BCUT2D eigenvalue weighted by atomic mass is 32.1. The highest BCUT2D eigenvalue weighted by Gasteiger charge is 2.13. The monoisotopic (exact) mass is 374 g/mol. The molecule has 8 heteroatoms. The molecule has 2 heterocycles. The summed E-state index contributed by atoms with van der Waals surface area (Å²) in [7, 11) is 1.64. The molecule has 0 atom stereocenters. The third-order valence-electron chi connectivity index (χ3n) is 3.41. The predicted octanol–water partition coefficient (Wildman–Crippen LogP) is 3.97. The largest absolute Gasteiger partial charge is 0.497 e. The van der Waals surface area contributed by atoms with Crippen molar-refractivity contribution in [1.29, 1.82) is 0 Å². The van der Waals surface area contributed by atoms with Gasteiger partial charge in [0, 0.05) is 16.9 Å². The molecule has 3 rings (SSSR count). The fourth-order valence-corrected chi connectivity index (χ4v) is 3.69. The van der Waals surface area contributed by atoms with E-state index in [1.54, 1.807) is 7.11 Å². The van der Waals surface area contributed by atoms with E-state index in [0.717, 1.165) is 27.0 Å². The zero-order valence-electron chi connectivity index (χ0n) is 14.1. The van der Waals surface area contributed by atoms with Crippen molar-refractivity contribution >= 4 is 33.7 Å². The lowest BCUT2D eigenvalue weighted by Crippen LogP contribution is -2.14. The number of nitrogens with one attached hydrogen (secondary N) is 1. The summed E-state index contributed by atoms with van der Waals surface area (Å²) in [6, 6.07) is 7.70. The molecule has 1 aromatic carbocycles. The van der Waals surface area contributed by atoms with E-state index in [1.165, 1.54) is 22.7 Å². The summed E-state index contributed by atoms with van der Waals surface area (Å²) in [5, 5.41) is 15.1. The summed E-state index contributed by atoms with van der Waals surface area (Å²) in [6.07, 6.45) is 0.212. The smallest absolute Gasteiger partial charge is 0.232 e. The van der Waals surface area contributed by atoms with E-state index < -0.39 is 0 Å². The lowest BCUT2D eigenvalue weighted by atomic mass is 10.2. The maximum absolute atomic E-state index is 12.2. The van der Waals surface area contributed by atoms with E-state index in [2.05, 4.69) is 20.5 Å². The van der Waals surface area contributed by atoms with E-state index in [9.17, 15) is 4.79 Å². The average Bonchev–Trinajstić information content (AvgIpc) is 3.24. The first kappa shape index (κ1) is 17.5. The quantitative estimate of drug-likeness (QED) is 0.706. The standard InChI is InChI=1S/C17H18N4O2S2/c1-10(2)15-20-21-17(25-15)19-14(22)8-12-9-24-16(18-12)11-4-6-13(23-3)7-5-11/h4-7,9-10H,8H2,1-3H3,(H,19,21,22). The third-order valence-corrected chi connectivity index (χ3v) is 5.49. The number of hydrogen-bond acceptors (Lipinski definition) is 7. The molecule has 1 amide bonds. The SMILES string of the molecule is COc1ccc(-c2nc(CC(=O)Nc3nnc(C(C)C)s3)cs2)cc1. The van der Waals surface area contributed by atoms with Crippen molar-refractivity contribution in [3.05, 3.63) is 40.3 Å². The van der Waals surface area contributed by atoms with Crippen LogP contribution in [0.25, 0.3) is 10.6 Å². The highest BCUT2D eigenvalue weighted by Crippen LogP contribution is 2.26. The van der Waals surface area contributed by atoms with Crippen molar-refractivity contribution in [3.8, 4) is 16.3 Å². The molecule has 0 aliphatic carbocycles. The summed E-state index contributed by atoms with van der Waals surface area (Å²) in [5.74, 6) is 0.963. The molecule has 2 aromatic heterocycles. The Labute approximate surface area is 153 Å². The zero-order chi connectivity index (χ0) is 17.8. The molecule has 25 heavy (non-hydrogen) atoms. The number of carbonyl (C=O) groups excluding carboxylic acids is 1. The number of amides is 1.